The van der Waals surface area contributed by atoms with Crippen LogP contribution in [-0.4, -0.2) is 51.0 Å². The van der Waals surface area contributed by atoms with Gasteiger partial charge in [0.1, 0.15) is 22.2 Å². The van der Waals surface area contributed by atoms with E-state index in [1.54, 1.807) is 10.3 Å². The van der Waals surface area contributed by atoms with E-state index in [1.165, 1.54) is 23.5 Å². The lowest BCUT2D eigenvalue weighted by atomic mass is 10.0. The molecule has 2 aromatic heterocycles. The fraction of sp³-hybridized carbons (Fsp3) is 0.474. The highest BCUT2D eigenvalue weighted by Crippen LogP contribution is 2.26. The highest BCUT2D eigenvalue weighted by Gasteiger charge is 2.28. The van der Waals surface area contributed by atoms with Crippen LogP contribution in [0.5, 0.6) is 0 Å². The number of likely N-dealkylation sites (tertiary alicyclic amines) is 1. The number of halogens is 1. The molecule has 9 heteroatoms. The number of amides is 2. The van der Waals surface area contributed by atoms with Gasteiger partial charge in [0, 0.05) is 18.5 Å². The zero-order chi connectivity index (χ0) is 20.3. The predicted octanol–water partition coefficient (Wildman–Crippen LogP) is 2.40. The molecule has 28 heavy (non-hydrogen) atoms. The van der Waals surface area contributed by atoms with Crippen molar-refractivity contribution in [1.82, 2.24) is 20.2 Å². The molecule has 7 nitrogen and oxygen atoms in total. The second kappa shape index (κ2) is 8.74. The van der Waals surface area contributed by atoms with Gasteiger partial charge in [0.15, 0.2) is 0 Å². The maximum atomic E-state index is 13.0. The van der Waals surface area contributed by atoms with Crippen LogP contribution in [0.3, 0.4) is 0 Å². The standard InChI is InChI=1S/C19H23FN4O3S/c1-11(2)7-15(22-17(26)14-4-3-12(20)8-21-14)18-23-16(10-28-18)19(27)24-6-5-13(25)9-24/h3-4,8,10-11,13,15,25H,5-7,9H2,1-2H3,(H,22,26)/t13-,15-/m0/s1. The molecule has 0 aromatic carbocycles. The fourth-order valence-corrected chi connectivity index (χ4v) is 3.93. The van der Waals surface area contributed by atoms with E-state index in [0.29, 0.717) is 36.6 Å². The number of hydrogen-bond donors (Lipinski definition) is 2. The molecule has 2 N–H and O–H groups in total. The van der Waals surface area contributed by atoms with Crippen molar-refractivity contribution in [3.05, 3.63) is 45.9 Å². The molecule has 2 atom stereocenters. The van der Waals surface area contributed by atoms with E-state index in [4.69, 9.17) is 0 Å². The van der Waals surface area contributed by atoms with Crippen molar-refractivity contribution in [2.45, 2.75) is 38.8 Å². The smallest absolute Gasteiger partial charge is 0.273 e. The lowest BCUT2D eigenvalue weighted by Gasteiger charge is -2.18. The van der Waals surface area contributed by atoms with Crippen LogP contribution in [-0.2, 0) is 0 Å². The summed E-state index contributed by atoms with van der Waals surface area (Å²) in [5, 5.41) is 14.8. The first kappa shape index (κ1) is 20.3. The van der Waals surface area contributed by atoms with E-state index < -0.39 is 17.8 Å². The van der Waals surface area contributed by atoms with Crippen LogP contribution in [0, 0.1) is 11.7 Å². The largest absolute Gasteiger partial charge is 0.391 e. The maximum absolute atomic E-state index is 13.0. The molecular formula is C19H23FN4O3S. The number of aliphatic hydroxyl groups excluding tert-OH is 1. The Morgan fingerprint density at radius 3 is 2.79 bits per heavy atom. The topological polar surface area (TPSA) is 95.4 Å². The van der Waals surface area contributed by atoms with Crippen molar-refractivity contribution in [1.29, 1.82) is 0 Å². The molecule has 1 fully saturated rings. The minimum Gasteiger partial charge on any atom is -0.391 e. The summed E-state index contributed by atoms with van der Waals surface area (Å²) in [6, 6.07) is 2.13. The predicted molar refractivity (Wildman–Crippen MR) is 102 cm³/mol. The van der Waals surface area contributed by atoms with E-state index in [9.17, 15) is 19.1 Å². The Morgan fingerprint density at radius 2 is 2.18 bits per heavy atom. The van der Waals surface area contributed by atoms with Gasteiger partial charge in [-0.15, -0.1) is 11.3 Å². The van der Waals surface area contributed by atoms with E-state index in [2.05, 4.69) is 15.3 Å². The Labute approximate surface area is 166 Å². The SMILES string of the molecule is CC(C)C[C@H](NC(=O)c1ccc(F)cn1)c1nc(C(=O)N2CC[C@H](O)C2)cs1. The number of aromatic nitrogens is 2. The molecule has 0 saturated carbocycles. The molecule has 2 amide bonds. The summed E-state index contributed by atoms with van der Waals surface area (Å²) in [4.78, 5) is 34.9. The van der Waals surface area contributed by atoms with Gasteiger partial charge >= 0.3 is 0 Å². The first-order valence-corrected chi connectivity index (χ1v) is 10.1. The number of nitrogens with zero attached hydrogens (tertiary/aromatic N) is 3. The molecule has 1 aliphatic rings. The highest BCUT2D eigenvalue weighted by molar-refractivity contribution is 7.09. The van der Waals surface area contributed by atoms with Gasteiger partial charge < -0.3 is 15.3 Å². The molecule has 0 aliphatic carbocycles. The van der Waals surface area contributed by atoms with Gasteiger partial charge in [-0.2, -0.15) is 0 Å². The Bertz CT molecular complexity index is 840. The summed E-state index contributed by atoms with van der Waals surface area (Å²) in [6.07, 6.45) is 1.71. The number of carbonyl (C=O) groups excluding carboxylic acids is 2. The molecule has 0 bridgehead atoms. The van der Waals surface area contributed by atoms with Gasteiger partial charge in [0.05, 0.1) is 18.3 Å². The molecule has 1 saturated heterocycles. The normalized spacial score (nSPS) is 17.8. The van der Waals surface area contributed by atoms with E-state index in [1.807, 2.05) is 13.8 Å². The molecule has 3 rings (SSSR count). The second-order valence-electron chi connectivity index (χ2n) is 7.28. The van der Waals surface area contributed by atoms with Gasteiger partial charge in [-0.05, 0) is 30.9 Å². The maximum Gasteiger partial charge on any atom is 0.273 e. The number of thiazole rings is 1. The third-order valence-corrected chi connectivity index (χ3v) is 5.42. The van der Waals surface area contributed by atoms with Gasteiger partial charge in [-0.25, -0.2) is 14.4 Å². The number of hydrogen-bond acceptors (Lipinski definition) is 6. The summed E-state index contributed by atoms with van der Waals surface area (Å²) in [6.45, 7) is 4.88. The van der Waals surface area contributed by atoms with E-state index in [0.717, 1.165) is 6.20 Å². The van der Waals surface area contributed by atoms with Crippen LogP contribution < -0.4 is 5.32 Å². The Morgan fingerprint density at radius 1 is 1.39 bits per heavy atom. The molecule has 2 aromatic rings. The highest BCUT2D eigenvalue weighted by atomic mass is 32.1. The first-order chi connectivity index (χ1) is 13.3. The van der Waals surface area contributed by atoms with Crippen LogP contribution in [0.15, 0.2) is 23.7 Å². The second-order valence-corrected chi connectivity index (χ2v) is 8.17. The molecular weight excluding hydrogens is 383 g/mol. The number of aliphatic hydroxyl groups is 1. The zero-order valence-corrected chi connectivity index (χ0v) is 16.6. The summed E-state index contributed by atoms with van der Waals surface area (Å²) >= 11 is 1.31. The van der Waals surface area contributed by atoms with Gasteiger partial charge in [0.2, 0.25) is 0 Å². The molecule has 150 valence electrons. The summed E-state index contributed by atoms with van der Waals surface area (Å²) in [5.74, 6) is -0.862. The molecule has 0 unspecified atom stereocenters. The molecule has 0 spiro atoms. The fourth-order valence-electron chi connectivity index (χ4n) is 3.07. The molecule has 0 radical (unpaired) electrons. The van der Waals surface area contributed by atoms with Gasteiger partial charge in [-0.1, -0.05) is 13.8 Å². The lowest BCUT2D eigenvalue weighted by molar-refractivity contribution is 0.0759. The summed E-state index contributed by atoms with van der Waals surface area (Å²) in [5.41, 5.74) is 0.436. The number of rotatable bonds is 6. The Hall–Kier alpha value is -2.39. The first-order valence-electron chi connectivity index (χ1n) is 9.18. The van der Waals surface area contributed by atoms with Crippen molar-refractivity contribution in [3.8, 4) is 0 Å². The monoisotopic (exact) mass is 406 g/mol. The van der Waals surface area contributed by atoms with Crippen molar-refractivity contribution in [2.75, 3.05) is 13.1 Å². The van der Waals surface area contributed by atoms with Crippen LogP contribution in [0.25, 0.3) is 0 Å². The van der Waals surface area contributed by atoms with Crippen LogP contribution >= 0.6 is 11.3 Å². The van der Waals surface area contributed by atoms with Gasteiger partial charge in [0.25, 0.3) is 11.8 Å². The Balaban J connectivity index is 1.74. The van der Waals surface area contributed by atoms with Crippen LogP contribution in [0.4, 0.5) is 4.39 Å². The van der Waals surface area contributed by atoms with Crippen molar-refractivity contribution >= 4 is 23.2 Å². The number of pyridine rings is 1. The number of nitrogens with one attached hydrogen (secondary N) is 1. The van der Waals surface area contributed by atoms with Crippen LogP contribution in [0.2, 0.25) is 0 Å². The van der Waals surface area contributed by atoms with Crippen molar-refractivity contribution < 1.29 is 19.1 Å². The summed E-state index contributed by atoms with van der Waals surface area (Å²) in [7, 11) is 0. The van der Waals surface area contributed by atoms with E-state index >= 15 is 0 Å². The van der Waals surface area contributed by atoms with Crippen molar-refractivity contribution in [2.24, 2.45) is 5.92 Å². The number of β-amino-alcohol motifs (C(OH)–C–C–N with tert-alkyl or cyclic N) is 1. The lowest BCUT2D eigenvalue weighted by Crippen LogP contribution is -2.31. The van der Waals surface area contributed by atoms with Crippen molar-refractivity contribution in [3.63, 3.8) is 0 Å². The minimum atomic E-state index is -0.509. The Kier molecular flexibility index (Phi) is 6.35. The van der Waals surface area contributed by atoms with E-state index in [-0.39, 0.29) is 23.6 Å². The third-order valence-electron chi connectivity index (χ3n) is 4.46. The quantitative estimate of drug-likeness (QED) is 0.768. The minimum absolute atomic E-state index is 0.120. The summed E-state index contributed by atoms with van der Waals surface area (Å²) < 4.78 is 13.0. The molecule has 3 heterocycles. The third kappa shape index (κ3) is 4.90. The number of carbonyl (C=O) groups is 2. The average molecular weight is 406 g/mol. The zero-order valence-electron chi connectivity index (χ0n) is 15.8. The van der Waals surface area contributed by atoms with Gasteiger partial charge in [-0.3, -0.25) is 9.59 Å². The molecule has 1 aliphatic heterocycles. The van der Waals surface area contributed by atoms with Crippen LogP contribution in [0.1, 0.15) is 58.7 Å². The average Bonchev–Trinajstić information content (AvgIpc) is 3.30.